The van der Waals surface area contributed by atoms with Gasteiger partial charge in [-0.15, -0.1) is 20.4 Å². The van der Waals surface area contributed by atoms with Crippen molar-refractivity contribution in [2.75, 3.05) is 0 Å². The second-order valence-corrected chi connectivity index (χ2v) is 6.93. The Morgan fingerprint density at radius 3 is 2.52 bits per heavy atom. The molecule has 0 aliphatic carbocycles. The van der Waals surface area contributed by atoms with E-state index < -0.39 is 4.92 Å². The van der Waals surface area contributed by atoms with E-state index in [1.165, 1.54) is 23.9 Å². The summed E-state index contributed by atoms with van der Waals surface area (Å²) in [5.74, 6) is 0.777. The average molecular weight is 360 g/mol. The third-order valence-electron chi connectivity index (χ3n) is 3.49. The Morgan fingerprint density at radius 2 is 1.88 bits per heavy atom. The van der Waals surface area contributed by atoms with Crippen LogP contribution in [0.25, 0.3) is 11.5 Å². The standard InChI is InChI=1S/C15H16N6O3S/c1-9(2)20-8-16-19-15(20)25-10(3)13-17-18-14(24-13)11-4-6-12(7-5-11)21(22)23/h4-10H,1-3H3/t10-/m1/s1. The van der Waals surface area contributed by atoms with E-state index in [1.54, 1.807) is 18.5 Å². The highest BCUT2D eigenvalue weighted by atomic mass is 32.2. The average Bonchev–Trinajstić information content (AvgIpc) is 3.24. The molecule has 0 bridgehead atoms. The van der Waals surface area contributed by atoms with Crippen LogP contribution in [0, 0.1) is 10.1 Å². The van der Waals surface area contributed by atoms with Crippen LogP contribution in [-0.2, 0) is 0 Å². The van der Waals surface area contributed by atoms with Gasteiger partial charge in [-0.25, -0.2) is 0 Å². The molecule has 0 aliphatic rings. The van der Waals surface area contributed by atoms with Gasteiger partial charge >= 0.3 is 0 Å². The van der Waals surface area contributed by atoms with Crippen molar-refractivity contribution in [1.82, 2.24) is 25.0 Å². The third kappa shape index (κ3) is 3.68. The summed E-state index contributed by atoms with van der Waals surface area (Å²) in [4.78, 5) is 10.3. The van der Waals surface area contributed by atoms with E-state index in [-0.39, 0.29) is 17.0 Å². The molecule has 0 fully saturated rings. The number of nitro benzene ring substituents is 1. The number of nitrogens with zero attached hydrogens (tertiary/aromatic N) is 6. The smallest absolute Gasteiger partial charge is 0.269 e. The molecule has 0 unspecified atom stereocenters. The van der Waals surface area contributed by atoms with Gasteiger partial charge in [-0.3, -0.25) is 10.1 Å². The zero-order valence-electron chi connectivity index (χ0n) is 13.9. The lowest BCUT2D eigenvalue weighted by molar-refractivity contribution is -0.384. The Bertz CT molecular complexity index is 874. The molecule has 9 nitrogen and oxygen atoms in total. The second kappa shape index (κ2) is 7.01. The summed E-state index contributed by atoms with van der Waals surface area (Å²) >= 11 is 1.48. The minimum atomic E-state index is -0.452. The Kier molecular flexibility index (Phi) is 4.79. The summed E-state index contributed by atoms with van der Waals surface area (Å²) in [7, 11) is 0. The lowest BCUT2D eigenvalue weighted by Crippen LogP contribution is -2.02. The van der Waals surface area contributed by atoms with Gasteiger partial charge in [0.25, 0.3) is 5.69 Å². The predicted molar refractivity (Wildman–Crippen MR) is 91.1 cm³/mol. The SMILES string of the molecule is CC(C)n1cnnc1S[C@H](C)c1nnc(-c2ccc([N+](=O)[O-])cc2)o1. The fourth-order valence-corrected chi connectivity index (χ4v) is 3.11. The van der Waals surface area contributed by atoms with E-state index in [0.717, 1.165) is 5.16 Å². The van der Waals surface area contributed by atoms with Crippen molar-refractivity contribution in [1.29, 1.82) is 0 Å². The largest absolute Gasteiger partial charge is 0.419 e. The molecule has 3 aromatic rings. The first-order valence-electron chi connectivity index (χ1n) is 7.60. The normalized spacial score (nSPS) is 12.5. The topological polar surface area (TPSA) is 113 Å². The zero-order chi connectivity index (χ0) is 18.0. The number of rotatable bonds is 6. The quantitative estimate of drug-likeness (QED) is 0.372. The van der Waals surface area contributed by atoms with Crippen LogP contribution in [0.5, 0.6) is 0 Å². The number of thioether (sulfide) groups is 1. The second-order valence-electron chi connectivity index (χ2n) is 5.62. The van der Waals surface area contributed by atoms with E-state index in [9.17, 15) is 10.1 Å². The molecule has 2 heterocycles. The zero-order valence-corrected chi connectivity index (χ0v) is 14.7. The number of hydrogen-bond donors (Lipinski definition) is 0. The fourth-order valence-electron chi connectivity index (χ4n) is 2.12. The summed E-state index contributed by atoms with van der Waals surface area (Å²) in [6.45, 7) is 6.05. The highest BCUT2D eigenvalue weighted by molar-refractivity contribution is 7.99. The van der Waals surface area contributed by atoms with E-state index in [2.05, 4.69) is 34.2 Å². The van der Waals surface area contributed by atoms with Crippen LogP contribution in [0.1, 0.15) is 38.0 Å². The molecule has 0 spiro atoms. The van der Waals surface area contributed by atoms with Gasteiger partial charge in [-0.05, 0) is 32.9 Å². The van der Waals surface area contributed by atoms with Crippen molar-refractivity contribution in [3.63, 3.8) is 0 Å². The maximum Gasteiger partial charge on any atom is 0.269 e. The van der Waals surface area contributed by atoms with Gasteiger partial charge < -0.3 is 8.98 Å². The van der Waals surface area contributed by atoms with E-state index in [0.29, 0.717) is 17.3 Å². The van der Waals surface area contributed by atoms with Gasteiger partial charge in [0.15, 0.2) is 5.16 Å². The highest BCUT2D eigenvalue weighted by Gasteiger charge is 2.20. The van der Waals surface area contributed by atoms with Crippen molar-refractivity contribution < 1.29 is 9.34 Å². The van der Waals surface area contributed by atoms with E-state index in [4.69, 9.17) is 4.42 Å². The summed E-state index contributed by atoms with van der Waals surface area (Å²) in [6, 6.07) is 6.24. The minimum absolute atomic E-state index is 0.0143. The molecular weight excluding hydrogens is 344 g/mol. The third-order valence-corrected chi connectivity index (χ3v) is 4.55. The van der Waals surface area contributed by atoms with Crippen LogP contribution in [-0.4, -0.2) is 29.9 Å². The van der Waals surface area contributed by atoms with Crippen molar-refractivity contribution in [2.24, 2.45) is 0 Å². The molecule has 3 rings (SSSR count). The van der Waals surface area contributed by atoms with Gasteiger partial charge in [0.2, 0.25) is 11.8 Å². The van der Waals surface area contributed by atoms with Crippen LogP contribution in [0.15, 0.2) is 40.2 Å². The van der Waals surface area contributed by atoms with Crippen LogP contribution < -0.4 is 0 Å². The number of benzene rings is 1. The molecule has 2 aromatic heterocycles. The van der Waals surface area contributed by atoms with Gasteiger partial charge in [0.05, 0.1) is 10.2 Å². The monoisotopic (exact) mass is 360 g/mol. The van der Waals surface area contributed by atoms with Crippen LogP contribution in [0.2, 0.25) is 0 Å². The maximum atomic E-state index is 10.7. The number of nitro groups is 1. The molecule has 25 heavy (non-hydrogen) atoms. The molecule has 0 N–H and O–H groups in total. The first-order chi connectivity index (χ1) is 12.0. The van der Waals surface area contributed by atoms with Gasteiger partial charge in [0, 0.05) is 23.7 Å². The molecule has 130 valence electrons. The van der Waals surface area contributed by atoms with Crippen molar-refractivity contribution >= 4 is 17.4 Å². The van der Waals surface area contributed by atoms with E-state index >= 15 is 0 Å². The number of aromatic nitrogens is 5. The molecule has 0 saturated carbocycles. The van der Waals surface area contributed by atoms with Gasteiger partial charge in [-0.2, -0.15) is 0 Å². The summed E-state index contributed by atoms with van der Waals surface area (Å²) in [5.41, 5.74) is 0.646. The number of hydrogen-bond acceptors (Lipinski definition) is 8. The molecule has 0 aliphatic heterocycles. The summed E-state index contributed by atoms with van der Waals surface area (Å²) in [6.07, 6.45) is 1.69. The summed E-state index contributed by atoms with van der Waals surface area (Å²) < 4.78 is 7.68. The lowest BCUT2D eigenvalue weighted by Gasteiger charge is -2.11. The molecular formula is C15H16N6O3S. The molecule has 10 heteroatoms. The first-order valence-corrected chi connectivity index (χ1v) is 8.48. The number of non-ortho nitro benzene ring substituents is 1. The van der Waals surface area contributed by atoms with Crippen LogP contribution in [0.3, 0.4) is 0 Å². The molecule has 1 aromatic carbocycles. The minimum Gasteiger partial charge on any atom is -0.419 e. The maximum absolute atomic E-state index is 10.7. The molecule has 0 radical (unpaired) electrons. The molecule has 1 atom stereocenters. The molecule has 0 saturated heterocycles. The molecule has 0 amide bonds. The lowest BCUT2D eigenvalue weighted by atomic mass is 10.2. The van der Waals surface area contributed by atoms with Gasteiger partial charge in [0.1, 0.15) is 6.33 Å². The fraction of sp³-hybridized carbons (Fsp3) is 0.333. The van der Waals surface area contributed by atoms with Crippen LogP contribution >= 0.6 is 11.8 Å². The highest BCUT2D eigenvalue weighted by Crippen LogP contribution is 2.35. The Morgan fingerprint density at radius 1 is 1.16 bits per heavy atom. The van der Waals surface area contributed by atoms with Crippen molar-refractivity contribution in [3.8, 4) is 11.5 Å². The van der Waals surface area contributed by atoms with Gasteiger partial charge in [-0.1, -0.05) is 11.8 Å². The van der Waals surface area contributed by atoms with Crippen molar-refractivity contribution in [3.05, 3.63) is 46.6 Å². The van der Waals surface area contributed by atoms with Crippen molar-refractivity contribution in [2.45, 2.75) is 37.2 Å². The summed E-state index contributed by atoms with van der Waals surface area (Å²) in [5, 5.41) is 27.5. The predicted octanol–water partition coefficient (Wildman–Crippen LogP) is 3.67. The van der Waals surface area contributed by atoms with E-state index in [1.807, 2.05) is 11.5 Å². The first kappa shape index (κ1) is 17.1. The van der Waals surface area contributed by atoms with Crippen LogP contribution in [0.4, 0.5) is 5.69 Å². The Balaban J connectivity index is 1.76. The Hall–Kier alpha value is -2.75. The Labute approximate surface area is 147 Å².